The van der Waals surface area contributed by atoms with Crippen molar-refractivity contribution in [3.8, 4) is 0 Å². The maximum Gasteiger partial charge on any atom is 0.292 e. The molecule has 0 amide bonds. The maximum absolute atomic E-state index is 11.4. The first-order valence-corrected chi connectivity index (χ1v) is 11.8. The van der Waals surface area contributed by atoms with Gasteiger partial charge < -0.3 is 25.7 Å². The van der Waals surface area contributed by atoms with Crippen LogP contribution in [0.25, 0.3) is 10.4 Å². The minimum absolute atomic E-state index is 0.144. The van der Waals surface area contributed by atoms with Crippen LogP contribution in [0.2, 0.25) is 0 Å². The van der Waals surface area contributed by atoms with Crippen LogP contribution in [-0.4, -0.2) is 80.8 Å². The summed E-state index contributed by atoms with van der Waals surface area (Å²) in [6, 6.07) is 9.47. The van der Waals surface area contributed by atoms with Crippen molar-refractivity contribution in [3.63, 3.8) is 0 Å². The molecule has 0 aliphatic carbocycles. The van der Waals surface area contributed by atoms with Crippen molar-refractivity contribution in [1.82, 2.24) is 4.90 Å². The topological polar surface area (TPSA) is 188 Å². The molecule has 2 aromatic rings. The summed E-state index contributed by atoms with van der Waals surface area (Å²) < 4.78 is 0.863. The summed E-state index contributed by atoms with van der Waals surface area (Å²) in [6.07, 6.45) is -2.47. The molecule has 12 nitrogen and oxygen atoms in total. The van der Waals surface area contributed by atoms with E-state index >= 15 is 0 Å². The van der Waals surface area contributed by atoms with E-state index in [9.17, 15) is 30.5 Å². The number of hydrogen-bond donors (Lipinski definition) is 5. The quantitative estimate of drug-likeness (QED) is 0.0977. The molecule has 0 spiro atoms. The third kappa shape index (κ3) is 6.89. The van der Waals surface area contributed by atoms with Gasteiger partial charge >= 0.3 is 0 Å². The van der Waals surface area contributed by atoms with E-state index in [-0.39, 0.29) is 24.5 Å². The van der Waals surface area contributed by atoms with E-state index in [1.54, 1.807) is 4.90 Å². The molecule has 1 aliphatic heterocycles. The molecule has 0 bridgehead atoms. The highest BCUT2D eigenvalue weighted by Crippen LogP contribution is 2.29. The second-order valence-electron chi connectivity index (χ2n) is 8.34. The van der Waals surface area contributed by atoms with Gasteiger partial charge in [-0.1, -0.05) is 33.2 Å². The standard InChI is InChI=1S/C22H27BrN6O6/c23-15-8-13(3-5-25-17-2-1-16(26-27-24)10-18(17)29(34)35)7-14(9-15)4-6-28-11-20(31)22(33)21(32)19(28)12-30/h1-2,7-10,19-22,25,30-33H,3-6,11-12H2/t19-,20+,21-,22-/m1/s1. The molecule has 2 aromatic carbocycles. The monoisotopic (exact) mass is 550 g/mol. The van der Waals surface area contributed by atoms with Crippen molar-refractivity contribution >= 4 is 33.0 Å². The molecule has 0 aromatic heterocycles. The Morgan fingerprint density at radius 2 is 1.89 bits per heavy atom. The van der Waals surface area contributed by atoms with Crippen LogP contribution in [0.15, 0.2) is 46.0 Å². The largest absolute Gasteiger partial charge is 0.395 e. The molecule has 5 N–H and O–H groups in total. The van der Waals surface area contributed by atoms with E-state index in [1.165, 1.54) is 18.2 Å². The van der Waals surface area contributed by atoms with Crippen LogP contribution < -0.4 is 5.32 Å². The zero-order valence-corrected chi connectivity index (χ0v) is 20.3. The minimum atomic E-state index is -1.29. The maximum atomic E-state index is 11.4. The van der Waals surface area contributed by atoms with Gasteiger partial charge in [0, 0.05) is 40.8 Å². The fourth-order valence-corrected chi connectivity index (χ4v) is 4.78. The van der Waals surface area contributed by atoms with Crippen molar-refractivity contribution in [3.05, 3.63) is 72.6 Å². The van der Waals surface area contributed by atoms with Crippen LogP contribution >= 0.6 is 15.9 Å². The number of benzene rings is 2. The van der Waals surface area contributed by atoms with Gasteiger partial charge in [-0.2, -0.15) is 0 Å². The van der Waals surface area contributed by atoms with Gasteiger partial charge in [-0.05, 0) is 47.7 Å². The number of β-amino-alcohol motifs (C(OH)–C–C–N with tert-alkyl or cyclic N) is 1. The lowest BCUT2D eigenvalue weighted by atomic mass is 9.93. The molecule has 0 unspecified atom stereocenters. The average Bonchev–Trinajstić information content (AvgIpc) is 2.82. The molecule has 1 heterocycles. The first-order valence-electron chi connectivity index (χ1n) is 11.0. The van der Waals surface area contributed by atoms with Crippen LogP contribution in [0, 0.1) is 10.1 Å². The summed E-state index contributed by atoms with van der Waals surface area (Å²) in [5.41, 5.74) is 10.8. The predicted molar refractivity (Wildman–Crippen MR) is 132 cm³/mol. The predicted octanol–water partition coefficient (Wildman–Crippen LogP) is 2.26. The molecule has 4 atom stereocenters. The number of piperidine rings is 1. The van der Waals surface area contributed by atoms with Crippen LogP contribution in [0.5, 0.6) is 0 Å². The van der Waals surface area contributed by atoms with Crippen molar-refractivity contribution in [2.45, 2.75) is 37.2 Å². The normalized spacial score (nSPS) is 22.4. The Kier molecular flexibility index (Phi) is 9.40. The highest BCUT2D eigenvalue weighted by molar-refractivity contribution is 9.10. The van der Waals surface area contributed by atoms with E-state index in [0.717, 1.165) is 15.6 Å². The Morgan fingerprint density at radius 3 is 2.54 bits per heavy atom. The number of azide groups is 1. The summed E-state index contributed by atoms with van der Waals surface area (Å²) in [7, 11) is 0. The summed E-state index contributed by atoms with van der Waals surface area (Å²) >= 11 is 3.51. The molecule has 13 heteroatoms. The Hall–Kier alpha value is -2.77. The molecule has 188 valence electrons. The first kappa shape index (κ1) is 26.8. The highest BCUT2D eigenvalue weighted by atomic mass is 79.9. The van der Waals surface area contributed by atoms with Gasteiger partial charge in [-0.15, -0.1) is 0 Å². The van der Waals surface area contributed by atoms with Crippen LogP contribution in [0.3, 0.4) is 0 Å². The average molecular weight is 551 g/mol. The van der Waals surface area contributed by atoms with Gasteiger partial charge in [0.15, 0.2) is 0 Å². The lowest BCUT2D eigenvalue weighted by Crippen LogP contribution is -2.62. The number of hydrogen-bond acceptors (Lipinski definition) is 9. The molecular weight excluding hydrogens is 524 g/mol. The van der Waals surface area contributed by atoms with Crippen molar-refractivity contribution in [2.75, 3.05) is 31.6 Å². The van der Waals surface area contributed by atoms with Crippen LogP contribution in [0.1, 0.15) is 11.1 Å². The van der Waals surface area contributed by atoms with Gasteiger partial charge in [-0.3, -0.25) is 15.0 Å². The smallest absolute Gasteiger partial charge is 0.292 e. The number of nitro benzene ring substituents is 1. The molecule has 1 fully saturated rings. The van der Waals surface area contributed by atoms with E-state index in [4.69, 9.17) is 5.53 Å². The van der Waals surface area contributed by atoms with Crippen molar-refractivity contribution in [2.24, 2.45) is 5.11 Å². The fraction of sp³-hybridized carbons (Fsp3) is 0.455. The lowest BCUT2D eigenvalue weighted by molar-refractivity contribution is -0.383. The number of aliphatic hydroxyl groups excluding tert-OH is 4. The van der Waals surface area contributed by atoms with Gasteiger partial charge in [0.2, 0.25) is 0 Å². The summed E-state index contributed by atoms with van der Waals surface area (Å²) in [5.74, 6) is 0. The van der Waals surface area contributed by atoms with Gasteiger partial charge in [0.1, 0.15) is 17.9 Å². The van der Waals surface area contributed by atoms with E-state index in [2.05, 4.69) is 31.3 Å². The second kappa shape index (κ2) is 12.3. The minimum Gasteiger partial charge on any atom is -0.395 e. The zero-order valence-electron chi connectivity index (χ0n) is 18.7. The molecule has 1 aliphatic rings. The number of nitrogens with one attached hydrogen (secondary N) is 1. The molecule has 0 saturated carbocycles. The number of aliphatic hydroxyl groups is 4. The molecule has 35 heavy (non-hydrogen) atoms. The number of halogens is 1. The summed E-state index contributed by atoms with van der Waals surface area (Å²) in [4.78, 5) is 15.2. The SMILES string of the molecule is [N-]=[N+]=Nc1ccc(NCCc2cc(Br)cc(CCN3C[C@H](O)[C@@H](O)[C@H](O)[C@H]3CO)c2)c([N+](=O)[O-])c1. The number of rotatable bonds is 10. The van der Waals surface area contributed by atoms with Gasteiger partial charge in [0.25, 0.3) is 5.69 Å². The van der Waals surface area contributed by atoms with E-state index < -0.39 is 29.3 Å². The summed E-state index contributed by atoms with van der Waals surface area (Å²) in [5, 5.41) is 57.5. The van der Waals surface area contributed by atoms with Crippen molar-refractivity contribution < 1.29 is 25.3 Å². The van der Waals surface area contributed by atoms with E-state index in [1.807, 2.05) is 18.2 Å². The second-order valence-corrected chi connectivity index (χ2v) is 9.25. The first-order chi connectivity index (χ1) is 16.7. The summed E-state index contributed by atoms with van der Waals surface area (Å²) in [6.45, 7) is 0.693. The van der Waals surface area contributed by atoms with Crippen LogP contribution in [0.4, 0.5) is 17.1 Å². The van der Waals surface area contributed by atoms with Crippen LogP contribution in [-0.2, 0) is 12.8 Å². The Labute approximate surface area is 209 Å². The molecular formula is C22H27BrN6O6. The Bertz CT molecular complexity index is 1100. The third-order valence-electron chi connectivity index (χ3n) is 5.99. The zero-order chi connectivity index (χ0) is 25.5. The van der Waals surface area contributed by atoms with Gasteiger partial charge in [0.05, 0.1) is 23.7 Å². The fourth-order valence-electron chi connectivity index (χ4n) is 4.19. The number of anilines is 1. The van der Waals surface area contributed by atoms with E-state index in [0.29, 0.717) is 31.6 Å². The lowest BCUT2D eigenvalue weighted by Gasteiger charge is -2.43. The molecule has 0 radical (unpaired) electrons. The van der Waals surface area contributed by atoms with Crippen molar-refractivity contribution in [1.29, 1.82) is 0 Å². The van der Waals surface area contributed by atoms with Gasteiger partial charge in [-0.25, -0.2) is 0 Å². The third-order valence-corrected chi connectivity index (χ3v) is 6.45. The Morgan fingerprint density at radius 1 is 1.17 bits per heavy atom. The molecule has 3 rings (SSSR count). The number of likely N-dealkylation sites (tertiary alicyclic amines) is 1. The number of nitrogens with zero attached hydrogens (tertiary/aromatic N) is 5. The Balaban J connectivity index is 1.63. The highest BCUT2D eigenvalue weighted by Gasteiger charge is 2.40. The number of nitro groups is 1. The molecule has 1 saturated heterocycles.